The van der Waals surface area contributed by atoms with E-state index in [2.05, 4.69) is 13.8 Å². The van der Waals surface area contributed by atoms with E-state index in [1.807, 2.05) is 30.3 Å². The molecule has 0 aliphatic carbocycles. The van der Waals surface area contributed by atoms with Gasteiger partial charge in [0.1, 0.15) is 5.60 Å². The summed E-state index contributed by atoms with van der Waals surface area (Å²) in [5.41, 5.74) is -0.231. The first-order valence-corrected chi connectivity index (χ1v) is 16.6. The molecular weight excluding hydrogens is 452 g/mol. The predicted octanol–water partition coefficient (Wildman–Crippen LogP) is 11.0. The summed E-state index contributed by atoms with van der Waals surface area (Å²) >= 11 is 0. The highest BCUT2D eigenvalue weighted by molar-refractivity contribution is 5.23. The maximum Gasteiger partial charge on any atom is 0.115 e. The van der Waals surface area contributed by atoms with Crippen LogP contribution in [0, 0.1) is 0 Å². The second-order valence-electron chi connectivity index (χ2n) is 11.8. The van der Waals surface area contributed by atoms with E-state index in [0.717, 1.165) is 31.2 Å². The van der Waals surface area contributed by atoms with Gasteiger partial charge in [0.25, 0.3) is 0 Å². The molecule has 0 aliphatic heterocycles. The van der Waals surface area contributed by atoms with Crippen molar-refractivity contribution in [3.05, 3.63) is 35.9 Å². The second-order valence-corrected chi connectivity index (χ2v) is 11.8. The first kappa shape index (κ1) is 34.2. The van der Waals surface area contributed by atoms with Crippen LogP contribution in [0.5, 0.6) is 0 Å². The lowest BCUT2D eigenvalue weighted by Gasteiger charge is -2.34. The Morgan fingerprint density at radius 2 is 0.865 bits per heavy atom. The van der Waals surface area contributed by atoms with Crippen molar-refractivity contribution < 1.29 is 10.2 Å². The molecule has 2 heteroatoms. The highest BCUT2D eigenvalue weighted by Crippen LogP contribution is 2.34. The van der Waals surface area contributed by atoms with Gasteiger partial charge in [0.05, 0.1) is 6.10 Å². The number of rotatable bonds is 27. The van der Waals surface area contributed by atoms with Gasteiger partial charge in [-0.3, -0.25) is 0 Å². The minimum absolute atomic E-state index is 0.660. The van der Waals surface area contributed by atoms with Crippen molar-refractivity contribution >= 4 is 0 Å². The van der Waals surface area contributed by atoms with Crippen LogP contribution >= 0.6 is 0 Å². The Morgan fingerprint density at radius 3 is 1.27 bits per heavy atom. The van der Waals surface area contributed by atoms with Gasteiger partial charge in [-0.05, 0) is 18.4 Å². The molecule has 2 unspecified atom stereocenters. The lowest BCUT2D eigenvalue weighted by Crippen LogP contribution is -2.39. The largest absolute Gasteiger partial charge is 0.390 e. The summed E-state index contributed by atoms with van der Waals surface area (Å²) < 4.78 is 0. The molecule has 0 heterocycles. The molecule has 0 aromatic heterocycles. The Labute approximate surface area is 232 Å². The van der Waals surface area contributed by atoms with E-state index in [1.54, 1.807) is 0 Å². The molecule has 1 aromatic carbocycles. The van der Waals surface area contributed by atoms with Gasteiger partial charge >= 0.3 is 0 Å². The number of benzene rings is 1. The van der Waals surface area contributed by atoms with Gasteiger partial charge in [0.2, 0.25) is 0 Å². The molecule has 0 fully saturated rings. The van der Waals surface area contributed by atoms with Crippen molar-refractivity contribution in [2.75, 3.05) is 0 Å². The summed E-state index contributed by atoms with van der Waals surface area (Å²) in [4.78, 5) is 0. The minimum Gasteiger partial charge on any atom is -0.390 e. The maximum absolute atomic E-state index is 11.6. The van der Waals surface area contributed by atoms with Crippen LogP contribution in [0.1, 0.15) is 180 Å². The SMILES string of the molecule is CCCCCCCCCCCCCCCCCCC(O)(c1ccccc1)C(O)CCCCCCCCC. The summed E-state index contributed by atoms with van der Waals surface area (Å²) in [7, 11) is 0. The van der Waals surface area contributed by atoms with Crippen molar-refractivity contribution in [2.45, 2.75) is 186 Å². The van der Waals surface area contributed by atoms with Gasteiger partial charge in [-0.2, -0.15) is 0 Å². The molecule has 2 atom stereocenters. The van der Waals surface area contributed by atoms with Gasteiger partial charge in [0.15, 0.2) is 0 Å². The molecule has 0 saturated heterocycles. The Morgan fingerprint density at radius 1 is 0.514 bits per heavy atom. The third kappa shape index (κ3) is 17.4. The smallest absolute Gasteiger partial charge is 0.115 e. The highest BCUT2D eigenvalue weighted by Gasteiger charge is 2.36. The molecule has 0 amide bonds. The molecular formula is C35H64O2. The number of hydrogen-bond donors (Lipinski definition) is 2. The normalized spacial score (nSPS) is 14.1. The van der Waals surface area contributed by atoms with Crippen LogP contribution in [0.25, 0.3) is 0 Å². The van der Waals surface area contributed by atoms with Crippen molar-refractivity contribution in [3.63, 3.8) is 0 Å². The molecule has 0 saturated carbocycles. The van der Waals surface area contributed by atoms with E-state index in [4.69, 9.17) is 0 Å². The van der Waals surface area contributed by atoms with E-state index in [1.165, 1.54) is 122 Å². The maximum atomic E-state index is 11.6. The van der Waals surface area contributed by atoms with E-state index < -0.39 is 11.7 Å². The zero-order valence-electron chi connectivity index (χ0n) is 25.0. The van der Waals surface area contributed by atoms with E-state index in [-0.39, 0.29) is 0 Å². The number of hydrogen-bond acceptors (Lipinski definition) is 2. The van der Waals surface area contributed by atoms with Crippen LogP contribution in [0.2, 0.25) is 0 Å². The Balaban J connectivity index is 2.16. The van der Waals surface area contributed by atoms with Crippen LogP contribution in [0.3, 0.4) is 0 Å². The topological polar surface area (TPSA) is 40.5 Å². The minimum atomic E-state index is -1.11. The zero-order valence-corrected chi connectivity index (χ0v) is 25.0. The summed E-state index contributed by atoms with van der Waals surface area (Å²) in [6.45, 7) is 4.54. The molecule has 0 aliphatic rings. The lowest BCUT2D eigenvalue weighted by molar-refractivity contribution is -0.0915. The average molecular weight is 517 g/mol. The molecule has 37 heavy (non-hydrogen) atoms. The van der Waals surface area contributed by atoms with Gasteiger partial charge in [-0.15, -0.1) is 0 Å². The standard InChI is InChI=1S/C35H64O2/c1-3-5-7-9-11-12-13-14-15-16-17-18-19-21-23-28-32-35(37,33-29-25-24-26-30-33)34(36)31-27-22-20-10-8-6-4-2/h24-26,29-30,34,36-37H,3-23,27-28,31-32H2,1-2H3. The fourth-order valence-corrected chi connectivity index (χ4v) is 5.71. The van der Waals surface area contributed by atoms with Crippen LogP contribution in [-0.2, 0) is 5.60 Å². The summed E-state index contributed by atoms with van der Waals surface area (Å²) in [5, 5.41) is 22.6. The summed E-state index contributed by atoms with van der Waals surface area (Å²) in [6.07, 6.45) is 30.9. The first-order chi connectivity index (χ1) is 18.1. The summed E-state index contributed by atoms with van der Waals surface area (Å²) in [6, 6.07) is 9.92. The Bertz CT molecular complexity index is 586. The van der Waals surface area contributed by atoms with Crippen molar-refractivity contribution in [1.29, 1.82) is 0 Å². The van der Waals surface area contributed by atoms with Crippen molar-refractivity contribution in [1.82, 2.24) is 0 Å². The fourth-order valence-electron chi connectivity index (χ4n) is 5.71. The Hall–Kier alpha value is -0.860. The fraction of sp³-hybridized carbons (Fsp3) is 0.829. The van der Waals surface area contributed by atoms with E-state index >= 15 is 0 Å². The van der Waals surface area contributed by atoms with Crippen LogP contribution < -0.4 is 0 Å². The summed E-state index contributed by atoms with van der Waals surface area (Å²) in [5.74, 6) is 0. The van der Waals surface area contributed by atoms with Crippen molar-refractivity contribution in [2.24, 2.45) is 0 Å². The molecule has 2 N–H and O–H groups in total. The second kappa shape index (κ2) is 24.2. The van der Waals surface area contributed by atoms with Gasteiger partial charge < -0.3 is 10.2 Å². The highest BCUT2D eigenvalue weighted by atomic mass is 16.3. The molecule has 2 nitrogen and oxygen atoms in total. The average Bonchev–Trinajstić information content (AvgIpc) is 2.92. The van der Waals surface area contributed by atoms with Gasteiger partial charge in [-0.1, -0.05) is 192 Å². The van der Waals surface area contributed by atoms with Crippen LogP contribution in [-0.4, -0.2) is 16.3 Å². The van der Waals surface area contributed by atoms with Crippen molar-refractivity contribution in [3.8, 4) is 0 Å². The van der Waals surface area contributed by atoms with Crippen LogP contribution in [0.4, 0.5) is 0 Å². The number of unbranched alkanes of at least 4 members (excludes halogenated alkanes) is 21. The molecule has 216 valence electrons. The predicted molar refractivity (Wildman–Crippen MR) is 163 cm³/mol. The monoisotopic (exact) mass is 516 g/mol. The van der Waals surface area contributed by atoms with E-state index in [9.17, 15) is 10.2 Å². The molecule has 0 radical (unpaired) electrons. The zero-order chi connectivity index (χ0) is 26.9. The molecule has 1 aromatic rings. The number of aliphatic hydroxyl groups is 2. The molecule has 0 spiro atoms. The number of aliphatic hydroxyl groups excluding tert-OH is 1. The van der Waals surface area contributed by atoms with Gasteiger partial charge in [0, 0.05) is 0 Å². The van der Waals surface area contributed by atoms with E-state index in [0.29, 0.717) is 12.8 Å². The quantitative estimate of drug-likeness (QED) is 0.114. The Kier molecular flexibility index (Phi) is 22.3. The lowest BCUT2D eigenvalue weighted by atomic mass is 9.81. The van der Waals surface area contributed by atoms with Gasteiger partial charge in [-0.25, -0.2) is 0 Å². The third-order valence-corrected chi connectivity index (χ3v) is 8.32. The first-order valence-electron chi connectivity index (χ1n) is 16.6. The molecule has 0 bridgehead atoms. The van der Waals surface area contributed by atoms with Crippen LogP contribution in [0.15, 0.2) is 30.3 Å². The molecule has 1 rings (SSSR count). The third-order valence-electron chi connectivity index (χ3n) is 8.32.